The number of hydrogen-bond donors (Lipinski definition) is 1. The van der Waals surface area contributed by atoms with E-state index in [0.29, 0.717) is 10.9 Å². The maximum atomic E-state index is 10.4. The van der Waals surface area contributed by atoms with Crippen LogP contribution >= 0.6 is 11.8 Å². The molecule has 4 heteroatoms. The van der Waals surface area contributed by atoms with Crippen LogP contribution in [0, 0.1) is 6.92 Å². The van der Waals surface area contributed by atoms with Gasteiger partial charge in [-0.25, -0.2) is 0 Å². The maximum absolute atomic E-state index is 10.4. The first kappa shape index (κ1) is 16.0. The van der Waals surface area contributed by atoms with Gasteiger partial charge in [0.25, 0.3) is 0 Å². The number of nitrogens with zero attached hydrogens (tertiary/aromatic N) is 2. The Labute approximate surface area is 131 Å². The van der Waals surface area contributed by atoms with Gasteiger partial charge in [-0.05, 0) is 39.8 Å². The Morgan fingerprint density at radius 2 is 1.71 bits per heavy atom. The summed E-state index contributed by atoms with van der Waals surface area (Å²) in [6, 6.07) is 8.23. The molecule has 0 aliphatic rings. The minimum atomic E-state index is -0.146. The number of thioether (sulfide) groups is 1. The third kappa shape index (κ3) is 3.43. The van der Waals surface area contributed by atoms with E-state index in [1.165, 1.54) is 4.90 Å². The van der Waals surface area contributed by atoms with E-state index in [9.17, 15) is 5.11 Å². The third-order valence-corrected chi connectivity index (χ3v) is 4.24. The van der Waals surface area contributed by atoms with Crippen molar-refractivity contribution in [3.63, 3.8) is 0 Å². The lowest BCUT2D eigenvalue weighted by Crippen LogP contribution is -2.24. The van der Waals surface area contributed by atoms with E-state index in [-0.39, 0.29) is 11.3 Å². The average Bonchev–Trinajstić information content (AvgIpc) is 2.67. The average molecular weight is 304 g/mol. The number of aromatic nitrogens is 2. The molecule has 21 heavy (non-hydrogen) atoms. The predicted octanol–water partition coefficient (Wildman–Crippen LogP) is 4.82. The Balaban J connectivity index is 2.39. The fourth-order valence-electron chi connectivity index (χ4n) is 2.31. The quantitative estimate of drug-likeness (QED) is 0.826. The van der Waals surface area contributed by atoms with E-state index in [1.807, 2.05) is 35.5 Å². The normalized spacial score (nSPS) is 12.1. The van der Waals surface area contributed by atoms with E-state index in [4.69, 9.17) is 0 Å². The molecule has 1 N–H and O–H groups in total. The third-order valence-electron chi connectivity index (χ3n) is 3.22. The van der Waals surface area contributed by atoms with Crippen LogP contribution in [0.4, 0.5) is 0 Å². The molecule has 0 atom stereocenters. The molecule has 1 aromatic heterocycles. The van der Waals surface area contributed by atoms with Crippen molar-refractivity contribution in [3.05, 3.63) is 30.0 Å². The topological polar surface area (TPSA) is 38.1 Å². The molecule has 0 bridgehead atoms. The fourth-order valence-corrected chi connectivity index (χ4v) is 3.14. The highest BCUT2D eigenvalue weighted by molar-refractivity contribution is 7.99. The van der Waals surface area contributed by atoms with Gasteiger partial charge < -0.3 is 5.11 Å². The SMILES string of the molecule is Cc1c(O)c(-c2ccc(SC(C)C)cc2)nn1C(C)(C)C. The molecule has 0 unspecified atom stereocenters. The van der Waals surface area contributed by atoms with Crippen molar-refractivity contribution >= 4 is 11.8 Å². The van der Waals surface area contributed by atoms with Gasteiger partial charge in [-0.2, -0.15) is 5.10 Å². The molecule has 0 spiro atoms. The van der Waals surface area contributed by atoms with Gasteiger partial charge in [0, 0.05) is 15.7 Å². The zero-order valence-electron chi connectivity index (χ0n) is 13.6. The molecule has 0 amide bonds. The zero-order chi connectivity index (χ0) is 15.8. The highest BCUT2D eigenvalue weighted by atomic mass is 32.2. The molecule has 0 saturated carbocycles. The van der Waals surface area contributed by atoms with Crippen molar-refractivity contribution in [2.75, 3.05) is 0 Å². The summed E-state index contributed by atoms with van der Waals surface area (Å²) in [6.45, 7) is 12.5. The summed E-state index contributed by atoms with van der Waals surface area (Å²) in [5, 5.41) is 15.5. The summed E-state index contributed by atoms with van der Waals surface area (Å²) >= 11 is 1.83. The van der Waals surface area contributed by atoms with Crippen molar-refractivity contribution in [1.29, 1.82) is 0 Å². The monoisotopic (exact) mass is 304 g/mol. The molecule has 1 aromatic carbocycles. The van der Waals surface area contributed by atoms with Crippen LogP contribution in [0.5, 0.6) is 5.75 Å². The molecule has 0 radical (unpaired) electrons. The molecular weight excluding hydrogens is 280 g/mol. The van der Waals surface area contributed by atoms with Crippen LogP contribution in [-0.2, 0) is 5.54 Å². The molecule has 2 rings (SSSR count). The summed E-state index contributed by atoms with van der Waals surface area (Å²) in [4.78, 5) is 1.24. The molecule has 0 fully saturated rings. The zero-order valence-corrected chi connectivity index (χ0v) is 14.5. The van der Waals surface area contributed by atoms with Gasteiger partial charge in [0.05, 0.1) is 11.2 Å². The van der Waals surface area contributed by atoms with Crippen molar-refractivity contribution in [1.82, 2.24) is 9.78 Å². The van der Waals surface area contributed by atoms with E-state index in [2.05, 4.69) is 51.9 Å². The first-order chi connectivity index (χ1) is 9.70. The Morgan fingerprint density at radius 3 is 2.14 bits per heavy atom. The van der Waals surface area contributed by atoms with Crippen LogP contribution < -0.4 is 0 Å². The van der Waals surface area contributed by atoms with Crippen LogP contribution in [0.2, 0.25) is 0 Å². The van der Waals surface area contributed by atoms with Gasteiger partial charge in [0.1, 0.15) is 5.69 Å². The Hall–Kier alpha value is -1.42. The minimum absolute atomic E-state index is 0.146. The van der Waals surface area contributed by atoms with Gasteiger partial charge in [-0.1, -0.05) is 26.0 Å². The number of aromatic hydroxyl groups is 1. The van der Waals surface area contributed by atoms with E-state index in [0.717, 1.165) is 11.3 Å². The number of benzene rings is 1. The summed E-state index contributed by atoms with van der Waals surface area (Å²) < 4.78 is 1.88. The minimum Gasteiger partial charge on any atom is -0.504 e. The maximum Gasteiger partial charge on any atom is 0.164 e. The molecule has 3 nitrogen and oxygen atoms in total. The second-order valence-corrected chi connectivity index (χ2v) is 8.21. The predicted molar refractivity (Wildman–Crippen MR) is 90.1 cm³/mol. The van der Waals surface area contributed by atoms with Crippen LogP contribution in [0.3, 0.4) is 0 Å². The largest absolute Gasteiger partial charge is 0.504 e. The number of rotatable bonds is 3. The molecule has 114 valence electrons. The first-order valence-electron chi connectivity index (χ1n) is 7.26. The molecule has 0 aliphatic heterocycles. The van der Waals surface area contributed by atoms with Gasteiger partial charge >= 0.3 is 0 Å². The summed E-state index contributed by atoms with van der Waals surface area (Å²) in [6.07, 6.45) is 0. The highest BCUT2D eigenvalue weighted by Gasteiger charge is 2.22. The lowest BCUT2D eigenvalue weighted by molar-refractivity contribution is 0.345. The second-order valence-electron chi connectivity index (χ2n) is 6.56. The van der Waals surface area contributed by atoms with E-state index < -0.39 is 0 Å². The lowest BCUT2D eigenvalue weighted by Gasteiger charge is -2.20. The van der Waals surface area contributed by atoms with Gasteiger partial charge in [-0.3, -0.25) is 4.68 Å². The molecule has 0 aliphatic carbocycles. The highest BCUT2D eigenvalue weighted by Crippen LogP contribution is 2.35. The Morgan fingerprint density at radius 1 is 1.14 bits per heavy atom. The molecule has 0 saturated heterocycles. The van der Waals surface area contributed by atoms with Crippen LogP contribution in [0.25, 0.3) is 11.3 Å². The van der Waals surface area contributed by atoms with Crippen molar-refractivity contribution in [3.8, 4) is 17.0 Å². The van der Waals surface area contributed by atoms with Crippen LogP contribution in [0.1, 0.15) is 40.3 Å². The van der Waals surface area contributed by atoms with Gasteiger partial charge in [-0.15, -0.1) is 11.8 Å². The van der Waals surface area contributed by atoms with Crippen molar-refractivity contribution < 1.29 is 5.11 Å². The lowest BCUT2D eigenvalue weighted by atomic mass is 10.1. The van der Waals surface area contributed by atoms with E-state index >= 15 is 0 Å². The fraction of sp³-hybridized carbons (Fsp3) is 0.471. The Kier molecular flexibility index (Phi) is 4.38. The van der Waals surface area contributed by atoms with Crippen LogP contribution in [0.15, 0.2) is 29.2 Å². The van der Waals surface area contributed by atoms with Gasteiger partial charge in [0.15, 0.2) is 5.75 Å². The number of hydrogen-bond acceptors (Lipinski definition) is 3. The van der Waals surface area contributed by atoms with Gasteiger partial charge in [0.2, 0.25) is 0 Å². The van der Waals surface area contributed by atoms with Crippen molar-refractivity contribution in [2.24, 2.45) is 0 Å². The first-order valence-corrected chi connectivity index (χ1v) is 8.14. The molecule has 1 heterocycles. The summed E-state index contributed by atoms with van der Waals surface area (Å²) in [7, 11) is 0. The summed E-state index contributed by atoms with van der Waals surface area (Å²) in [5.74, 6) is 0.272. The molecule has 2 aromatic rings. The Bertz CT molecular complexity index is 621. The summed E-state index contributed by atoms with van der Waals surface area (Å²) in [5.41, 5.74) is 2.26. The van der Waals surface area contributed by atoms with Crippen molar-refractivity contribution in [2.45, 2.75) is 57.2 Å². The smallest absolute Gasteiger partial charge is 0.164 e. The second kappa shape index (κ2) is 5.76. The van der Waals surface area contributed by atoms with Crippen LogP contribution in [-0.4, -0.2) is 20.1 Å². The standard InChI is InChI=1S/C17H24N2OS/c1-11(2)21-14-9-7-13(8-10-14)15-16(20)12(3)19(18-15)17(4,5)6/h7-11,20H,1-6H3. The van der Waals surface area contributed by atoms with E-state index in [1.54, 1.807) is 0 Å². The molecular formula is C17H24N2OS.